The maximum absolute atomic E-state index is 12.9. The second-order valence-corrected chi connectivity index (χ2v) is 6.29. The first kappa shape index (κ1) is 20.2. The first-order chi connectivity index (χ1) is 13.8. The fourth-order valence-electron chi connectivity index (χ4n) is 2.53. The summed E-state index contributed by atoms with van der Waals surface area (Å²) >= 11 is 5.89. The van der Waals surface area contributed by atoms with Crippen molar-refractivity contribution in [3.05, 3.63) is 76.5 Å². The highest BCUT2D eigenvalue weighted by molar-refractivity contribution is 6.34. The number of rotatable bonds is 4. The predicted octanol–water partition coefficient (Wildman–Crippen LogP) is 5.29. The highest BCUT2D eigenvalue weighted by atomic mass is 35.5. The van der Waals surface area contributed by atoms with Crippen LogP contribution in [-0.4, -0.2) is 16.1 Å². The van der Waals surface area contributed by atoms with E-state index in [9.17, 15) is 23.2 Å². The molecule has 0 atom stereocenters. The van der Waals surface area contributed by atoms with Crippen molar-refractivity contribution in [1.82, 2.24) is 10.2 Å². The number of carbonyl (C=O) groups excluding carboxylic acids is 1. The normalized spacial score (nSPS) is 11.8. The van der Waals surface area contributed by atoms with Gasteiger partial charge in [-0.1, -0.05) is 41.9 Å². The summed E-state index contributed by atoms with van der Waals surface area (Å²) in [5, 5.41) is 18.2. The number of hydrogen-bond donors (Lipinski definition) is 2. The third-order valence-corrected chi connectivity index (χ3v) is 4.27. The van der Waals surface area contributed by atoms with E-state index in [0.717, 1.165) is 17.7 Å². The highest BCUT2D eigenvalue weighted by Crippen LogP contribution is 2.34. The van der Waals surface area contributed by atoms with E-state index in [1.165, 1.54) is 12.3 Å². The average Bonchev–Trinajstić information content (AvgIpc) is 3.15. The van der Waals surface area contributed by atoms with Crippen LogP contribution >= 0.6 is 11.6 Å². The third-order valence-electron chi connectivity index (χ3n) is 3.94. The number of carbonyl (C=O) groups is 1. The van der Waals surface area contributed by atoms with E-state index in [1.807, 2.05) is 30.3 Å². The van der Waals surface area contributed by atoms with Gasteiger partial charge in [-0.2, -0.15) is 23.5 Å². The summed E-state index contributed by atoms with van der Waals surface area (Å²) in [5.41, 5.74) is 0.303. The summed E-state index contributed by atoms with van der Waals surface area (Å²) in [6.45, 7) is 0. The Kier molecular flexibility index (Phi) is 5.71. The summed E-state index contributed by atoms with van der Waals surface area (Å²) in [5.74, 6) is -0.895. The van der Waals surface area contributed by atoms with Gasteiger partial charge in [0.2, 0.25) is 0 Å². The molecule has 0 bridgehead atoms. The van der Waals surface area contributed by atoms with Crippen LogP contribution in [0.15, 0.2) is 60.3 Å². The number of halogens is 4. The summed E-state index contributed by atoms with van der Waals surface area (Å²) < 4.78 is 38.7. The van der Waals surface area contributed by atoms with Gasteiger partial charge in [0, 0.05) is 11.1 Å². The van der Waals surface area contributed by atoms with Gasteiger partial charge in [-0.25, -0.2) is 0 Å². The third kappa shape index (κ3) is 4.65. The largest absolute Gasteiger partial charge is 0.416 e. The minimum atomic E-state index is -4.60. The molecule has 0 aliphatic rings. The zero-order chi connectivity index (χ0) is 21.0. The molecule has 3 aromatic rings. The number of aromatic amines is 1. The van der Waals surface area contributed by atoms with E-state index in [-0.39, 0.29) is 16.3 Å². The lowest BCUT2D eigenvalue weighted by Gasteiger charge is -2.11. The average molecular weight is 417 g/mol. The molecule has 5 nitrogen and oxygen atoms in total. The Morgan fingerprint density at radius 3 is 2.59 bits per heavy atom. The number of anilines is 1. The van der Waals surface area contributed by atoms with E-state index in [1.54, 1.807) is 6.07 Å². The molecule has 0 aliphatic carbocycles. The molecule has 1 amide bonds. The number of nitriles is 1. The monoisotopic (exact) mass is 416 g/mol. The van der Waals surface area contributed by atoms with Crippen molar-refractivity contribution in [2.24, 2.45) is 0 Å². The molecule has 2 aromatic carbocycles. The molecular weight excluding hydrogens is 405 g/mol. The van der Waals surface area contributed by atoms with E-state index >= 15 is 0 Å². The zero-order valence-electron chi connectivity index (χ0n) is 14.6. The molecule has 2 N–H and O–H groups in total. The molecule has 1 heterocycles. The quantitative estimate of drug-likeness (QED) is 0.447. The van der Waals surface area contributed by atoms with Gasteiger partial charge in [0.15, 0.2) is 0 Å². The first-order valence-corrected chi connectivity index (χ1v) is 8.56. The zero-order valence-corrected chi connectivity index (χ0v) is 15.3. The summed E-state index contributed by atoms with van der Waals surface area (Å²) in [6.07, 6.45) is -1.87. The Hall–Kier alpha value is -3.57. The molecule has 146 valence electrons. The van der Waals surface area contributed by atoms with Gasteiger partial charge in [-0.05, 0) is 24.3 Å². The van der Waals surface area contributed by atoms with Crippen LogP contribution in [-0.2, 0) is 11.0 Å². The topological polar surface area (TPSA) is 81.6 Å². The van der Waals surface area contributed by atoms with Gasteiger partial charge < -0.3 is 5.32 Å². The Balaban J connectivity index is 1.90. The minimum Gasteiger partial charge on any atom is -0.320 e. The number of aromatic nitrogens is 2. The molecule has 0 aliphatic heterocycles. The van der Waals surface area contributed by atoms with Crippen molar-refractivity contribution in [1.29, 1.82) is 5.26 Å². The Bertz CT molecular complexity index is 1110. The molecule has 0 saturated carbocycles. The lowest BCUT2D eigenvalue weighted by molar-refractivity contribution is -0.137. The second-order valence-electron chi connectivity index (χ2n) is 5.88. The molecule has 0 spiro atoms. The second kappa shape index (κ2) is 8.20. The highest BCUT2D eigenvalue weighted by Gasteiger charge is 2.31. The fourth-order valence-corrected chi connectivity index (χ4v) is 2.70. The van der Waals surface area contributed by atoms with E-state index < -0.39 is 17.6 Å². The number of hydrogen-bond acceptors (Lipinski definition) is 3. The van der Waals surface area contributed by atoms with Gasteiger partial charge in [-0.3, -0.25) is 9.89 Å². The molecule has 0 radical (unpaired) electrons. The van der Waals surface area contributed by atoms with Crippen LogP contribution in [0.1, 0.15) is 11.1 Å². The van der Waals surface area contributed by atoms with Crippen LogP contribution in [0.3, 0.4) is 0 Å². The van der Waals surface area contributed by atoms with Crippen LogP contribution in [0.4, 0.5) is 18.9 Å². The molecule has 9 heteroatoms. The molecule has 0 unspecified atom stereocenters. The maximum Gasteiger partial charge on any atom is 0.416 e. The maximum atomic E-state index is 12.9. The Morgan fingerprint density at radius 2 is 1.93 bits per heavy atom. The number of nitrogens with one attached hydrogen (secondary N) is 2. The van der Waals surface area contributed by atoms with Crippen molar-refractivity contribution >= 4 is 29.3 Å². The van der Waals surface area contributed by atoms with Gasteiger partial charge >= 0.3 is 6.18 Å². The standard InChI is InChI=1S/C20H12ClF3N4O/c21-16-7-6-15(20(22,23)24)9-17(16)27-19(29)13(10-25)8-14-11-26-28-18(14)12-4-2-1-3-5-12/h1-9,11H,(H,26,28)(H,27,29)/b13-8-. The van der Waals surface area contributed by atoms with Crippen LogP contribution < -0.4 is 5.32 Å². The molecule has 0 saturated heterocycles. The van der Waals surface area contributed by atoms with Crippen LogP contribution in [0.5, 0.6) is 0 Å². The van der Waals surface area contributed by atoms with Crippen molar-refractivity contribution in [2.75, 3.05) is 5.32 Å². The number of amides is 1. The molecule has 3 rings (SSSR count). The smallest absolute Gasteiger partial charge is 0.320 e. The lowest BCUT2D eigenvalue weighted by atomic mass is 10.1. The predicted molar refractivity (Wildman–Crippen MR) is 103 cm³/mol. The van der Waals surface area contributed by atoms with E-state index in [4.69, 9.17) is 11.6 Å². The SMILES string of the molecule is N#C/C(=C/c1cn[nH]c1-c1ccccc1)C(=O)Nc1cc(C(F)(F)F)ccc1Cl. The molecule has 0 fully saturated rings. The Morgan fingerprint density at radius 1 is 1.21 bits per heavy atom. The molecule has 1 aromatic heterocycles. The number of alkyl halides is 3. The van der Waals surface area contributed by atoms with Gasteiger partial charge in [-0.15, -0.1) is 0 Å². The van der Waals surface area contributed by atoms with Crippen molar-refractivity contribution in [3.8, 4) is 17.3 Å². The first-order valence-electron chi connectivity index (χ1n) is 8.18. The molecule has 29 heavy (non-hydrogen) atoms. The van der Waals surface area contributed by atoms with Crippen molar-refractivity contribution in [2.45, 2.75) is 6.18 Å². The summed E-state index contributed by atoms with van der Waals surface area (Å²) in [6, 6.07) is 13.4. The van der Waals surface area contributed by atoms with Crippen molar-refractivity contribution < 1.29 is 18.0 Å². The van der Waals surface area contributed by atoms with Gasteiger partial charge in [0.25, 0.3) is 5.91 Å². The van der Waals surface area contributed by atoms with Crippen LogP contribution in [0.2, 0.25) is 5.02 Å². The summed E-state index contributed by atoms with van der Waals surface area (Å²) in [4.78, 5) is 12.5. The van der Waals surface area contributed by atoms with E-state index in [0.29, 0.717) is 17.3 Å². The van der Waals surface area contributed by atoms with Crippen LogP contribution in [0.25, 0.3) is 17.3 Å². The number of H-pyrrole nitrogens is 1. The number of benzene rings is 2. The Labute approximate surface area is 168 Å². The minimum absolute atomic E-state index is 0.0862. The number of nitrogens with zero attached hydrogens (tertiary/aromatic N) is 2. The lowest BCUT2D eigenvalue weighted by Crippen LogP contribution is -2.15. The van der Waals surface area contributed by atoms with E-state index in [2.05, 4.69) is 15.5 Å². The van der Waals surface area contributed by atoms with Gasteiger partial charge in [0.1, 0.15) is 11.6 Å². The summed E-state index contributed by atoms with van der Waals surface area (Å²) in [7, 11) is 0. The van der Waals surface area contributed by atoms with Crippen molar-refractivity contribution in [3.63, 3.8) is 0 Å². The van der Waals surface area contributed by atoms with Gasteiger partial charge in [0.05, 0.1) is 28.2 Å². The fraction of sp³-hybridized carbons (Fsp3) is 0.0500. The van der Waals surface area contributed by atoms with Crippen LogP contribution in [0, 0.1) is 11.3 Å². The molecular formula is C20H12ClF3N4O.